The Kier molecular flexibility index (Phi) is 6.15. The van der Waals surface area contributed by atoms with E-state index in [1.165, 1.54) is 0 Å². The number of hydrogen-bond acceptors (Lipinski definition) is 2. The van der Waals surface area contributed by atoms with Crippen molar-refractivity contribution in [3.63, 3.8) is 0 Å². The highest BCUT2D eigenvalue weighted by molar-refractivity contribution is 5.19. The summed E-state index contributed by atoms with van der Waals surface area (Å²) in [6, 6.07) is 1.99. The Bertz CT molecular complexity index is 361. The number of halogens is 3. The number of aliphatic hydroxyl groups is 1. The molecule has 0 radical (unpaired) electrons. The van der Waals surface area contributed by atoms with Crippen molar-refractivity contribution in [1.29, 1.82) is 0 Å². The van der Waals surface area contributed by atoms with Crippen LogP contribution in [0, 0.1) is 17.5 Å². The Balaban J connectivity index is 2.73. The fraction of sp³-hybridized carbons (Fsp3) is 0.538. The van der Waals surface area contributed by atoms with Crippen molar-refractivity contribution in [1.82, 2.24) is 4.90 Å². The van der Waals surface area contributed by atoms with Crippen molar-refractivity contribution in [3.05, 3.63) is 35.1 Å². The van der Waals surface area contributed by atoms with E-state index in [1.807, 2.05) is 11.8 Å². The summed E-state index contributed by atoms with van der Waals surface area (Å²) in [6.07, 6.45) is 1.93. The highest BCUT2D eigenvalue weighted by atomic mass is 19.2. The summed E-state index contributed by atoms with van der Waals surface area (Å²) < 4.78 is 38.9. The maximum atomic E-state index is 13.0. The summed E-state index contributed by atoms with van der Waals surface area (Å²) in [7, 11) is 0. The van der Waals surface area contributed by atoms with Crippen LogP contribution < -0.4 is 0 Å². The minimum absolute atomic E-state index is 0.0180. The van der Waals surface area contributed by atoms with Crippen LogP contribution >= 0.6 is 0 Å². The van der Waals surface area contributed by atoms with Gasteiger partial charge in [0.25, 0.3) is 0 Å². The Morgan fingerprint density at radius 2 is 1.72 bits per heavy atom. The molecular weight excluding hydrogens is 243 g/mol. The molecule has 5 heteroatoms. The highest BCUT2D eigenvalue weighted by Gasteiger charge is 2.12. The van der Waals surface area contributed by atoms with E-state index in [-0.39, 0.29) is 6.61 Å². The molecule has 0 aromatic heterocycles. The van der Waals surface area contributed by atoms with E-state index in [9.17, 15) is 13.2 Å². The predicted molar refractivity (Wildman–Crippen MR) is 63.6 cm³/mol. The monoisotopic (exact) mass is 261 g/mol. The molecule has 1 rings (SSSR count). The number of nitrogens with zero attached hydrogens (tertiary/aromatic N) is 1. The quantitative estimate of drug-likeness (QED) is 0.763. The normalized spacial score (nSPS) is 11.2. The molecule has 102 valence electrons. The first-order valence-electron chi connectivity index (χ1n) is 6.05. The predicted octanol–water partition coefficient (Wildman–Crippen LogP) is 2.70. The maximum Gasteiger partial charge on any atom is 0.194 e. The smallest absolute Gasteiger partial charge is 0.194 e. The van der Waals surface area contributed by atoms with E-state index in [0.29, 0.717) is 18.7 Å². The molecule has 0 unspecified atom stereocenters. The minimum Gasteiger partial charge on any atom is -0.395 e. The first kappa shape index (κ1) is 15.0. The molecule has 18 heavy (non-hydrogen) atoms. The molecule has 0 amide bonds. The van der Waals surface area contributed by atoms with Gasteiger partial charge in [0.05, 0.1) is 6.61 Å². The Morgan fingerprint density at radius 1 is 1.11 bits per heavy atom. The van der Waals surface area contributed by atoms with Gasteiger partial charge >= 0.3 is 0 Å². The van der Waals surface area contributed by atoms with E-state index in [4.69, 9.17) is 5.11 Å². The second-order valence-electron chi connectivity index (χ2n) is 4.23. The van der Waals surface area contributed by atoms with Crippen LogP contribution in [0.25, 0.3) is 0 Å². The molecule has 0 atom stereocenters. The molecule has 1 aromatic rings. The SMILES string of the molecule is CCCCN(CCO)Cc1cc(F)c(F)c(F)c1. The molecule has 0 saturated carbocycles. The Hall–Kier alpha value is -1.07. The highest BCUT2D eigenvalue weighted by Crippen LogP contribution is 2.15. The molecule has 0 heterocycles. The zero-order valence-electron chi connectivity index (χ0n) is 10.4. The fourth-order valence-electron chi connectivity index (χ4n) is 1.75. The van der Waals surface area contributed by atoms with Crippen molar-refractivity contribution in [2.75, 3.05) is 19.7 Å². The van der Waals surface area contributed by atoms with Crippen molar-refractivity contribution in [3.8, 4) is 0 Å². The topological polar surface area (TPSA) is 23.5 Å². The lowest BCUT2D eigenvalue weighted by Crippen LogP contribution is -2.27. The number of rotatable bonds is 7. The number of benzene rings is 1. The van der Waals surface area contributed by atoms with Gasteiger partial charge in [-0.3, -0.25) is 4.90 Å². The standard InChI is InChI=1S/C13H18F3NO/c1-2-3-4-17(5-6-18)9-10-7-11(14)13(16)12(15)8-10/h7-8,18H,2-6,9H2,1H3. The third kappa shape index (κ3) is 4.31. The molecule has 1 aromatic carbocycles. The van der Waals surface area contributed by atoms with Crippen LogP contribution in [0.4, 0.5) is 13.2 Å². The van der Waals surface area contributed by atoms with Crippen LogP contribution in [0.2, 0.25) is 0 Å². The van der Waals surface area contributed by atoms with Crippen LogP contribution in [0.5, 0.6) is 0 Å². The molecule has 0 saturated heterocycles. The van der Waals surface area contributed by atoms with Crippen molar-refractivity contribution in [2.45, 2.75) is 26.3 Å². The van der Waals surface area contributed by atoms with Crippen LogP contribution in [-0.2, 0) is 6.54 Å². The van der Waals surface area contributed by atoms with Gasteiger partial charge in [0.15, 0.2) is 17.5 Å². The number of hydrogen-bond donors (Lipinski definition) is 1. The molecule has 0 bridgehead atoms. The van der Waals surface area contributed by atoms with Crippen LogP contribution in [0.15, 0.2) is 12.1 Å². The summed E-state index contributed by atoms with van der Waals surface area (Å²) >= 11 is 0. The van der Waals surface area contributed by atoms with Gasteiger partial charge in [0, 0.05) is 13.1 Å². The van der Waals surface area contributed by atoms with Gasteiger partial charge in [-0.15, -0.1) is 0 Å². The van der Waals surface area contributed by atoms with E-state index in [0.717, 1.165) is 31.5 Å². The fourth-order valence-corrected chi connectivity index (χ4v) is 1.75. The molecule has 0 fully saturated rings. The Labute approximate surface area is 105 Å². The molecule has 0 aliphatic carbocycles. The number of aliphatic hydroxyl groups excluding tert-OH is 1. The largest absolute Gasteiger partial charge is 0.395 e. The zero-order chi connectivity index (χ0) is 13.5. The lowest BCUT2D eigenvalue weighted by Gasteiger charge is -2.21. The molecule has 2 nitrogen and oxygen atoms in total. The van der Waals surface area contributed by atoms with Gasteiger partial charge in [0.2, 0.25) is 0 Å². The van der Waals surface area contributed by atoms with Gasteiger partial charge in [-0.25, -0.2) is 13.2 Å². The van der Waals surface area contributed by atoms with Crippen LogP contribution in [0.1, 0.15) is 25.3 Å². The summed E-state index contributed by atoms with van der Waals surface area (Å²) in [5.41, 5.74) is 0.371. The third-order valence-electron chi connectivity index (χ3n) is 2.69. The lowest BCUT2D eigenvalue weighted by atomic mass is 10.2. The van der Waals surface area contributed by atoms with E-state index in [1.54, 1.807) is 0 Å². The van der Waals surface area contributed by atoms with Gasteiger partial charge in [-0.2, -0.15) is 0 Å². The van der Waals surface area contributed by atoms with E-state index < -0.39 is 17.5 Å². The average molecular weight is 261 g/mol. The summed E-state index contributed by atoms with van der Waals surface area (Å²) in [5, 5.41) is 8.92. The molecule has 0 spiro atoms. The second-order valence-corrected chi connectivity index (χ2v) is 4.23. The zero-order valence-corrected chi connectivity index (χ0v) is 10.4. The van der Waals surface area contributed by atoms with E-state index in [2.05, 4.69) is 0 Å². The van der Waals surface area contributed by atoms with Crippen molar-refractivity contribution in [2.24, 2.45) is 0 Å². The van der Waals surface area contributed by atoms with E-state index >= 15 is 0 Å². The average Bonchev–Trinajstić information content (AvgIpc) is 2.33. The van der Waals surface area contributed by atoms with Gasteiger partial charge in [-0.1, -0.05) is 13.3 Å². The molecule has 1 N–H and O–H groups in total. The first-order valence-corrected chi connectivity index (χ1v) is 6.05. The maximum absolute atomic E-state index is 13.0. The van der Waals surface area contributed by atoms with Crippen molar-refractivity contribution >= 4 is 0 Å². The third-order valence-corrected chi connectivity index (χ3v) is 2.69. The van der Waals surface area contributed by atoms with Crippen LogP contribution in [-0.4, -0.2) is 29.7 Å². The second kappa shape index (κ2) is 7.38. The summed E-state index contributed by atoms with van der Waals surface area (Å²) in [5.74, 6) is -3.80. The van der Waals surface area contributed by atoms with Gasteiger partial charge in [-0.05, 0) is 30.7 Å². The van der Waals surface area contributed by atoms with Gasteiger partial charge < -0.3 is 5.11 Å². The lowest BCUT2D eigenvalue weighted by molar-refractivity contribution is 0.188. The van der Waals surface area contributed by atoms with Gasteiger partial charge in [0.1, 0.15) is 0 Å². The van der Waals surface area contributed by atoms with Crippen LogP contribution in [0.3, 0.4) is 0 Å². The molecular formula is C13H18F3NO. The summed E-state index contributed by atoms with van der Waals surface area (Å²) in [6.45, 7) is 3.48. The molecule has 0 aliphatic rings. The Morgan fingerprint density at radius 3 is 2.22 bits per heavy atom. The summed E-state index contributed by atoms with van der Waals surface area (Å²) in [4.78, 5) is 1.88. The molecule has 0 aliphatic heterocycles. The van der Waals surface area contributed by atoms with Crippen molar-refractivity contribution < 1.29 is 18.3 Å². The minimum atomic E-state index is -1.44. The first-order chi connectivity index (χ1) is 8.58. The number of unbranched alkanes of at least 4 members (excludes halogenated alkanes) is 1.